The predicted octanol–water partition coefficient (Wildman–Crippen LogP) is 3.38. The number of benzene rings is 1. The van der Waals surface area contributed by atoms with Crippen LogP contribution in [-0.4, -0.2) is 14.0 Å². The second-order valence-electron chi connectivity index (χ2n) is 6.97. The lowest BCUT2D eigenvalue weighted by Gasteiger charge is -2.22. The lowest BCUT2D eigenvalue weighted by atomic mass is 9.95. The van der Waals surface area contributed by atoms with Crippen molar-refractivity contribution in [3.8, 4) is 0 Å². The third-order valence-electron chi connectivity index (χ3n) is 3.63. The van der Waals surface area contributed by atoms with E-state index in [0.717, 1.165) is 24.8 Å². The molecule has 4 heteroatoms. The molecule has 1 aromatic carbocycles. The zero-order valence-corrected chi connectivity index (χ0v) is 13.9. The standard InChI is InChI=1S/C16H25NO2S/c1-11(2)12-9-10-15(14-8-6-7-13(12)14)20(18,19)17-16(3,4)5/h9-11,17H,6-8H2,1-5H3. The molecule has 1 aromatic rings. The zero-order chi connectivity index (χ0) is 15.1. The quantitative estimate of drug-likeness (QED) is 0.929. The first-order valence-corrected chi connectivity index (χ1v) is 8.79. The molecule has 20 heavy (non-hydrogen) atoms. The molecule has 0 spiro atoms. The first-order valence-electron chi connectivity index (χ1n) is 7.30. The van der Waals surface area contributed by atoms with Crippen LogP contribution in [-0.2, 0) is 22.9 Å². The molecule has 0 bridgehead atoms. The van der Waals surface area contributed by atoms with Crippen LogP contribution in [0.25, 0.3) is 0 Å². The average Bonchev–Trinajstić information content (AvgIpc) is 2.71. The highest BCUT2D eigenvalue weighted by atomic mass is 32.2. The summed E-state index contributed by atoms with van der Waals surface area (Å²) in [7, 11) is -3.44. The van der Waals surface area contributed by atoms with Crippen LogP contribution in [0.4, 0.5) is 0 Å². The number of nitrogens with one attached hydrogen (secondary N) is 1. The maximum absolute atomic E-state index is 12.6. The van der Waals surface area contributed by atoms with E-state index in [1.165, 1.54) is 11.1 Å². The van der Waals surface area contributed by atoms with Gasteiger partial charge in [0.15, 0.2) is 0 Å². The van der Waals surface area contributed by atoms with Crippen LogP contribution >= 0.6 is 0 Å². The first-order chi connectivity index (χ1) is 9.12. The summed E-state index contributed by atoms with van der Waals surface area (Å²) in [5, 5.41) is 0. The molecule has 0 aromatic heterocycles. The van der Waals surface area contributed by atoms with Crippen LogP contribution in [0.1, 0.15) is 63.6 Å². The predicted molar refractivity (Wildman–Crippen MR) is 82.6 cm³/mol. The number of sulfonamides is 1. The van der Waals surface area contributed by atoms with Crippen molar-refractivity contribution < 1.29 is 8.42 Å². The minimum atomic E-state index is -3.44. The molecular weight excluding hydrogens is 270 g/mol. The molecule has 0 saturated carbocycles. The molecule has 0 atom stereocenters. The van der Waals surface area contributed by atoms with Gasteiger partial charge < -0.3 is 0 Å². The molecule has 0 aliphatic heterocycles. The fourth-order valence-corrected chi connectivity index (χ4v) is 4.66. The van der Waals surface area contributed by atoms with Crippen molar-refractivity contribution in [2.75, 3.05) is 0 Å². The molecule has 0 radical (unpaired) electrons. The summed E-state index contributed by atoms with van der Waals surface area (Å²) in [4.78, 5) is 0.476. The van der Waals surface area contributed by atoms with Crippen LogP contribution < -0.4 is 4.72 Å². The van der Waals surface area contributed by atoms with Gasteiger partial charge in [-0.25, -0.2) is 13.1 Å². The Bertz CT molecular complexity index is 610. The number of rotatable bonds is 3. The highest BCUT2D eigenvalue weighted by molar-refractivity contribution is 7.89. The highest BCUT2D eigenvalue weighted by Gasteiger charge is 2.28. The van der Waals surface area contributed by atoms with Gasteiger partial charge in [0.25, 0.3) is 0 Å². The lowest BCUT2D eigenvalue weighted by Crippen LogP contribution is -2.40. The van der Waals surface area contributed by atoms with E-state index in [4.69, 9.17) is 0 Å². The molecule has 0 unspecified atom stereocenters. The molecule has 1 aliphatic rings. The van der Waals surface area contributed by atoms with Gasteiger partial charge in [0.05, 0.1) is 4.90 Å². The Morgan fingerprint density at radius 1 is 1.10 bits per heavy atom. The second-order valence-corrected chi connectivity index (χ2v) is 8.62. The molecule has 0 saturated heterocycles. The van der Waals surface area contributed by atoms with E-state index in [0.29, 0.717) is 10.8 Å². The van der Waals surface area contributed by atoms with Crippen molar-refractivity contribution in [2.45, 2.75) is 70.2 Å². The van der Waals surface area contributed by atoms with Gasteiger partial charge in [0, 0.05) is 5.54 Å². The molecule has 0 amide bonds. The minimum Gasteiger partial charge on any atom is -0.207 e. The Balaban J connectivity index is 2.53. The molecule has 3 nitrogen and oxygen atoms in total. The van der Waals surface area contributed by atoms with Gasteiger partial charge in [-0.2, -0.15) is 0 Å². The van der Waals surface area contributed by atoms with Crippen LogP contribution in [0.3, 0.4) is 0 Å². The topological polar surface area (TPSA) is 46.2 Å². The van der Waals surface area contributed by atoms with Crippen molar-refractivity contribution in [3.63, 3.8) is 0 Å². The summed E-state index contributed by atoms with van der Waals surface area (Å²) in [6, 6.07) is 3.78. The van der Waals surface area contributed by atoms with Gasteiger partial charge in [0.1, 0.15) is 0 Å². The smallest absolute Gasteiger partial charge is 0.207 e. The molecule has 0 heterocycles. The van der Waals surface area contributed by atoms with Gasteiger partial charge in [-0.3, -0.25) is 0 Å². The highest BCUT2D eigenvalue weighted by Crippen LogP contribution is 2.34. The molecule has 2 rings (SSSR count). The normalized spacial score (nSPS) is 15.7. The van der Waals surface area contributed by atoms with E-state index in [9.17, 15) is 8.42 Å². The van der Waals surface area contributed by atoms with Crippen molar-refractivity contribution in [1.29, 1.82) is 0 Å². The van der Waals surface area contributed by atoms with Gasteiger partial charge in [-0.05, 0) is 68.7 Å². The lowest BCUT2D eigenvalue weighted by molar-refractivity contribution is 0.491. The Labute approximate surface area is 122 Å². The van der Waals surface area contributed by atoms with E-state index in [1.807, 2.05) is 26.8 Å². The SMILES string of the molecule is CC(C)c1ccc(S(=O)(=O)NC(C)(C)C)c2c1CCC2. The second kappa shape index (κ2) is 5.15. The maximum atomic E-state index is 12.6. The molecule has 112 valence electrons. The summed E-state index contributed by atoms with van der Waals surface area (Å²) in [5.74, 6) is 0.439. The van der Waals surface area contributed by atoms with Crippen molar-refractivity contribution in [2.24, 2.45) is 0 Å². The molecule has 1 N–H and O–H groups in total. The maximum Gasteiger partial charge on any atom is 0.241 e. The molecular formula is C16H25NO2S. The van der Waals surface area contributed by atoms with E-state index in [1.54, 1.807) is 6.07 Å². The Hall–Kier alpha value is -0.870. The number of fused-ring (bicyclic) bond motifs is 1. The van der Waals surface area contributed by atoms with Crippen molar-refractivity contribution >= 4 is 10.0 Å². The third-order valence-corrected chi connectivity index (χ3v) is 5.47. The van der Waals surface area contributed by atoms with Gasteiger partial charge >= 0.3 is 0 Å². The summed E-state index contributed by atoms with van der Waals surface area (Å²) < 4.78 is 27.9. The summed E-state index contributed by atoms with van der Waals surface area (Å²) >= 11 is 0. The van der Waals surface area contributed by atoms with Crippen LogP contribution in [0.5, 0.6) is 0 Å². The molecule has 0 fully saturated rings. The Kier molecular flexibility index (Phi) is 4.00. The van der Waals surface area contributed by atoms with Crippen LogP contribution in [0, 0.1) is 0 Å². The zero-order valence-electron chi connectivity index (χ0n) is 13.1. The monoisotopic (exact) mass is 295 g/mol. The minimum absolute atomic E-state index is 0.439. The first kappa shape index (κ1) is 15.5. The number of hydrogen-bond acceptors (Lipinski definition) is 2. The van der Waals surface area contributed by atoms with E-state index < -0.39 is 15.6 Å². The fourth-order valence-electron chi connectivity index (χ4n) is 2.95. The van der Waals surface area contributed by atoms with Crippen LogP contribution in [0.15, 0.2) is 17.0 Å². The van der Waals surface area contributed by atoms with E-state index in [2.05, 4.69) is 18.6 Å². The fraction of sp³-hybridized carbons (Fsp3) is 0.625. The average molecular weight is 295 g/mol. The van der Waals surface area contributed by atoms with Crippen LogP contribution in [0.2, 0.25) is 0 Å². The Morgan fingerprint density at radius 2 is 1.70 bits per heavy atom. The third kappa shape index (κ3) is 3.07. The Morgan fingerprint density at radius 3 is 2.25 bits per heavy atom. The largest absolute Gasteiger partial charge is 0.241 e. The van der Waals surface area contributed by atoms with Crippen molar-refractivity contribution in [1.82, 2.24) is 4.72 Å². The van der Waals surface area contributed by atoms with Gasteiger partial charge in [-0.1, -0.05) is 19.9 Å². The summed E-state index contributed by atoms with van der Waals surface area (Å²) in [6.07, 6.45) is 2.93. The van der Waals surface area contributed by atoms with Gasteiger partial charge in [-0.15, -0.1) is 0 Å². The van der Waals surface area contributed by atoms with E-state index in [-0.39, 0.29) is 0 Å². The summed E-state index contributed by atoms with van der Waals surface area (Å²) in [5.41, 5.74) is 3.14. The molecule has 1 aliphatic carbocycles. The van der Waals surface area contributed by atoms with Crippen molar-refractivity contribution in [3.05, 3.63) is 28.8 Å². The van der Waals surface area contributed by atoms with E-state index >= 15 is 0 Å². The number of hydrogen-bond donors (Lipinski definition) is 1. The summed E-state index contributed by atoms with van der Waals surface area (Å²) in [6.45, 7) is 9.93. The van der Waals surface area contributed by atoms with Gasteiger partial charge in [0.2, 0.25) is 10.0 Å².